The number of aromatic nitrogens is 3. The summed E-state index contributed by atoms with van der Waals surface area (Å²) < 4.78 is 15.0. The number of rotatable bonds is 5. The van der Waals surface area contributed by atoms with Gasteiger partial charge in [0.15, 0.2) is 0 Å². The Kier molecular flexibility index (Phi) is 4.60. The summed E-state index contributed by atoms with van der Waals surface area (Å²) in [6.45, 7) is -0.0430. The van der Waals surface area contributed by atoms with Crippen molar-refractivity contribution in [1.82, 2.24) is 20.1 Å². The fraction of sp³-hybridized carbons (Fsp3) is 0.227. The number of nitrogens with zero attached hydrogens (tertiary/aromatic N) is 3. The standard InChI is InChI=1S/C22H19FN4O2S/c1-24-21(29)20-18-8-16(12-2-3-12)17(22-25-10-15(11-28)30-22)9-19(18)26-27(20)14-6-4-13(23)5-7-14/h4-10,12,28H,2-3,11H2,1H3,(H,24,29). The molecule has 4 aromatic rings. The zero-order valence-electron chi connectivity index (χ0n) is 16.2. The van der Waals surface area contributed by atoms with Crippen LogP contribution in [0.1, 0.15) is 39.7 Å². The van der Waals surface area contributed by atoms with Gasteiger partial charge in [-0.05, 0) is 60.7 Å². The lowest BCUT2D eigenvalue weighted by Gasteiger charge is -2.08. The molecule has 0 saturated heterocycles. The molecule has 2 aromatic carbocycles. The predicted molar refractivity (Wildman–Crippen MR) is 113 cm³/mol. The third kappa shape index (κ3) is 3.18. The minimum absolute atomic E-state index is 0.0430. The molecular formula is C22H19FN4O2S. The van der Waals surface area contributed by atoms with Crippen molar-refractivity contribution in [3.63, 3.8) is 0 Å². The number of benzene rings is 2. The number of fused-ring (bicyclic) bond motifs is 1. The van der Waals surface area contributed by atoms with E-state index in [1.165, 1.54) is 23.5 Å². The van der Waals surface area contributed by atoms with Crippen LogP contribution in [0.5, 0.6) is 0 Å². The van der Waals surface area contributed by atoms with E-state index in [1.807, 2.05) is 12.1 Å². The summed E-state index contributed by atoms with van der Waals surface area (Å²) in [5.41, 5.74) is 3.82. The molecular weight excluding hydrogens is 403 g/mol. The molecule has 152 valence electrons. The number of hydrogen-bond acceptors (Lipinski definition) is 5. The van der Waals surface area contributed by atoms with Crippen LogP contribution in [0, 0.1) is 5.82 Å². The number of aliphatic hydroxyl groups excluding tert-OH is 1. The Morgan fingerprint density at radius 2 is 2.07 bits per heavy atom. The molecule has 0 radical (unpaired) electrons. The molecule has 0 atom stereocenters. The number of carbonyl (C=O) groups excluding carboxylic acids is 1. The highest BCUT2D eigenvalue weighted by Gasteiger charge is 2.30. The third-order valence-corrected chi connectivity index (χ3v) is 6.33. The van der Waals surface area contributed by atoms with Crippen LogP contribution in [0.4, 0.5) is 4.39 Å². The van der Waals surface area contributed by atoms with Gasteiger partial charge in [0.1, 0.15) is 16.5 Å². The van der Waals surface area contributed by atoms with Gasteiger partial charge in [0, 0.05) is 24.2 Å². The van der Waals surface area contributed by atoms with Gasteiger partial charge in [-0.15, -0.1) is 11.3 Å². The minimum Gasteiger partial charge on any atom is -0.391 e. The zero-order valence-corrected chi connectivity index (χ0v) is 17.0. The van der Waals surface area contributed by atoms with Gasteiger partial charge in [-0.3, -0.25) is 4.79 Å². The molecule has 1 aliphatic carbocycles. The van der Waals surface area contributed by atoms with Crippen molar-refractivity contribution < 1.29 is 14.3 Å². The summed E-state index contributed by atoms with van der Waals surface area (Å²) in [6.07, 6.45) is 3.88. The molecule has 2 N–H and O–H groups in total. The van der Waals surface area contributed by atoms with Crippen LogP contribution < -0.4 is 5.32 Å². The fourth-order valence-corrected chi connectivity index (χ4v) is 4.49. The normalized spacial score (nSPS) is 13.7. The molecule has 0 aliphatic heterocycles. The van der Waals surface area contributed by atoms with Gasteiger partial charge in [0.25, 0.3) is 5.91 Å². The Morgan fingerprint density at radius 1 is 1.30 bits per heavy atom. The molecule has 1 amide bonds. The van der Waals surface area contributed by atoms with Gasteiger partial charge in [0.05, 0.1) is 22.7 Å². The number of halogens is 1. The van der Waals surface area contributed by atoms with Gasteiger partial charge in [-0.1, -0.05) is 0 Å². The van der Waals surface area contributed by atoms with Crippen molar-refractivity contribution in [3.8, 4) is 16.3 Å². The summed E-state index contributed by atoms with van der Waals surface area (Å²) >= 11 is 1.46. The lowest BCUT2D eigenvalue weighted by atomic mass is 10.00. The van der Waals surface area contributed by atoms with Gasteiger partial charge in [0.2, 0.25) is 0 Å². The first-order chi connectivity index (χ1) is 14.6. The molecule has 1 aliphatic rings. The van der Waals surface area contributed by atoms with Crippen LogP contribution in [0.15, 0.2) is 42.6 Å². The Labute approximate surface area is 176 Å². The average Bonchev–Trinajstić information content (AvgIpc) is 3.38. The van der Waals surface area contributed by atoms with E-state index in [0.717, 1.165) is 39.2 Å². The molecule has 1 fully saturated rings. The Hall–Kier alpha value is -3.10. The van der Waals surface area contributed by atoms with Crippen molar-refractivity contribution in [1.29, 1.82) is 0 Å². The largest absolute Gasteiger partial charge is 0.391 e. The van der Waals surface area contributed by atoms with Crippen molar-refractivity contribution in [2.24, 2.45) is 0 Å². The molecule has 0 unspecified atom stereocenters. The number of carbonyl (C=O) groups is 1. The average molecular weight is 422 g/mol. The first kappa shape index (κ1) is 18.9. The van der Waals surface area contributed by atoms with Gasteiger partial charge < -0.3 is 10.4 Å². The maximum atomic E-state index is 13.4. The molecule has 8 heteroatoms. The first-order valence-corrected chi connectivity index (χ1v) is 10.5. The minimum atomic E-state index is -0.348. The lowest BCUT2D eigenvalue weighted by molar-refractivity contribution is 0.0957. The summed E-state index contributed by atoms with van der Waals surface area (Å²) in [5, 5.41) is 18.4. The van der Waals surface area contributed by atoms with E-state index in [2.05, 4.69) is 15.4 Å². The highest BCUT2D eigenvalue weighted by Crippen LogP contribution is 2.46. The van der Waals surface area contributed by atoms with Gasteiger partial charge >= 0.3 is 0 Å². The first-order valence-electron chi connectivity index (χ1n) is 9.69. The number of aliphatic hydroxyl groups is 1. The van der Waals surface area contributed by atoms with Gasteiger partial charge in [-0.25, -0.2) is 14.1 Å². The van der Waals surface area contributed by atoms with E-state index in [4.69, 9.17) is 0 Å². The van der Waals surface area contributed by atoms with Crippen molar-refractivity contribution in [2.75, 3.05) is 7.05 Å². The quantitative estimate of drug-likeness (QED) is 0.509. The molecule has 30 heavy (non-hydrogen) atoms. The maximum absolute atomic E-state index is 13.4. The number of nitrogens with one attached hydrogen (secondary N) is 1. The predicted octanol–water partition coefficient (Wildman–Crippen LogP) is 4.02. The maximum Gasteiger partial charge on any atom is 0.270 e. The second kappa shape index (κ2) is 7.30. The summed E-state index contributed by atoms with van der Waals surface area (Å²) in [7, 11) is 1.58. The summed E-state index contributed by atoms with van der Waals surface area (Å²) in [6, 6.07) is 9.91. The fourth-order valence-electron chi connectivity index (χ4n) is 3.68. The molecule has 2 aromatic heterocycles. The number of thiazole rings is 1. The van der Waals surface area contributed by atoms with Crippen LogP contribution in [0.2, 0.25) is 0 Å². The van der Waals surface area contributed by atoms with Crippen molar-refractivity contribution in [3.05, 3.63) is 64.5 Å². The van der Waals surface area contributed by atoms with E-state index in [-0.39, 0.29) is 18.3 Å². The molecule has 1 saturated carbocycles. The lowest BCUT2D eigenvalue weighted by Crippen LogP contribution is -2.21. The Balaban J connectivity index is 1.76. The van der Waals surface area contributed by atoms with Crippen LogP contribution in [0.3, 0.4) is 0 Å². The molecule has 5 rings (SSSR count). The highest BCUT2D eigenvalue weighted by molar-refractivity contribution is 7.15. The highest BCUT2D eigenvalue weighted by atomic mass is 32.1. The topological polar surface area (TPSA) is 80.0 Å². The van der Waals surface area contributed by atoms with Crippen LogP contribution in [-0.2, 0) is 6.61 Å². The second-order valence-corrected chi connectivity index (χ2v) is 8.45. The summed E-state index contributed by atoms with van der Waals surface area (Å²) in [5.74, 6) is -0.176. The number of amides is 1. The van der Waals surface area contributed by atoms with E-state index in [1.54, 1.807) is 30.1 Å². The molecule has 0 spiro atoms. The van der Waals surface area contributed by atoms with Crippen LogP contribution in [-0.4, -0.2) is 32.8 Å². The Bertz CT molecular complexity index is 1260. The third-order valence-electron chi connectivity index (χ3n) is 5.31. The van der Waals surface area contributed by atoms with Crippen LogP contribution in [0.25, 0.3) is 27.2 Å². The Morgan fingerprint density at radius 3 is 2.70 bits per heavy atom. The van der Waals surface area contributed by atoms with Crippen molar-refractivity contribution >= 4 is 28.1 Å². The van der Waals surface area contributed by atoms with E-state index in [0.29, 0.717) is 22.8 Å². The summed E-state index contributed by atoms with van der Waals surface area (Å²) in [4.78, 5) is 18.0. The SMILES string of the molecule is CNC(=O)c1c2cc(C3CC3)c(-c3ncc(CO)s3)cc2nn1-c1ccc(F)cc1. The smallest absolute Gasteiger partial charge is 0.270 e. The zero-order chi connectivity index (χ0) is 20.8. The van der Waals surface area contributed by atoms with Crippen LogP contribution >= 0.6 is 11.3 Å². The number of hydrogen-bond donors (Lipinski definition) is 2. The molecule has 6 nitrogen and oxygen atoms in total. The van der Waals surface area contributed by atoms with Gasteiger partial charge in [-0.2, -0.15) is 5.10 Å². The monoisotopic (exact) mass is 422 g/mol. The van der Waals surface area contributed by atoms with E-state index < -0.39 is 0 Å². The van der Waals surface area contributed by atoms with E-state index in [9.17, 15) is 14.3 Å². The van der Waals surface area contributed by atoms with Crippen molar-refractivity contribution in [2.45, 2.75) is 25.4 Å². The van der Waals surface area contributed by atoms with E-state index >= 15 is 0 Å². The molecule has 2 heterocycles. The molecule has 0 bridgehead atoms. The second-order valence-electron chi connectivity index (χ2n) is 7.34.